The first kappa shape index (κ1) is 7.29. The molecule has 0 unspecified atom stereocenters. The van der Waals surface area contributed by atoms with Gasteiger partial charge in [-0.15, -0.1) is 0 Å². The Hall–Kier alpha value is -0.370. The van der Waals surface area contributed by atoms with Crippen LogP contribution >= 0.6 is 0 Å². The zero-order valence-corrected chi connectivity index (χ0v) is 7.05. The maximum absolute atomic E-state index is 11.2. The second kappa shape index (κ2) is 2.59. The van der Waals surface area contributed by atoms with Gasteiger partial charge in [0.15, 0.2) is 0 Å². The van der Waals surface area contributed by atoms with Gasteiger partial charge in [0.2, 0.25) is 0 Å². The number of piperidine rings is 1. The highest BCUT2D eigenvalue weighted by Crippen LogP contribution is 2.31. The van der Waals surface area contributed by atoms with Crippen molar-refractivity contribution in [1.29, 1.82) is 0 Å². The number of hydrogen-bond acceptors (Lipinski definition) is 2. The first-order chi connectivity index (χ1) is 5.25. The summed E-state index contributed by atoms with van der Waals surface area (Å²) in [5, 5.41) is 0. The maximum Gasteiger partial charge on any atom is 0.134 e. The van der Waals surface area contributed by atoms with Gasteiger partial charge in [-0.3, -0.25) is 4.79 Å². The van der Waals surface area contributed by atoms with Gasteiger partial charge in [0.25, 0.3) is 0 Å². The number of ketones is 1. The first-order valence-corrected chi connectivity index (χ1v) is 4.47. The summed E-state index contributed by atoms with van der Waals surface area (Å²) >= 11 is 0. The van der Waals surface area contributed by atoms with Crippen LogP contribution in [0.3, 0.4) is 0 Å². The SMILES string of the molecule is CN1CC[C@H]2CC(=O)C[C@@H]1C2. The van der Waals surface area contributed by atoms with Crippen LogP contribution < -0.4 is 0 Å². The summed E-state index contributed by atoms with van der Waals surface area (Å²) in [5.74, 6) is 1.20. The van der Waals surface area contributed by atoms with Crippen molar-refractivity contribution in [2.24, 2.45) is 5.92 Å². The minimum absolute atomic E-state index is 0.484. The van der Waals surface area contributed by atoms with E-state index >= 15 is 0 Å². The van der Waals surface area contributed by atoms with E-state index in [-0.39, 0.29) is 0 Å². The fraction of sp³-hybridized carbons (Fsp3) is 0.889. The molecule has 0 aromatic rings. The van der Waals surface area contributed by atoms with Crippen LogP contribution in [0.25, 0.3) is 0 Å². The number of Topliss-reactive ketones (excluding diaryl/α,β-unsaturated/α-hetero) is 1. The molecule has 1 heterocycles. The minimum Gasteiger partial charge on any atom is -0.303 e. The normalized spacial score (nSPS) is 39.2. The van der Waals surface area contributed by atoms with Gasteiger partial charge in [-0.25, -0.2) is 0 Å². The molecule has 2 bridgehead atoms. The topological polar surface area (TPSA) is 20.3 Å². The number of hydrogen-bond donors (Lipinski definition) is 0. The highest BCUT2D eigenvalue weighted by atomic mass is 16.1. The van der Waals surface area contributed by atoms with Crippen molar-refractivity contribution in [2.45, 2.75) is 31.7 Å². The lowest BCUT2D eigenvalue weighted by Crippen LogP contribution is -2.44. The van der Waals surface area contributed by atoms with Crippen LogP contribution in [0.5, 0.6) is 0 Å². The smallest absolute Gasteiger partial charge is 0.134 e. The van der Waals surface area contributed by atoms with Crippen molar-refractivity contribution >= 4 is 5.78 Å². The predicted octanol–water partition coefficient (Wildman–Crippen LogP) is 1.06. The molecule has 0 spiro atoms. The molecule has 0 N–H and O–H groups in total. The fourth-order valence-corrected chi connectivity index (χ4v) is 2.34. The van der Waals surface area contributed by atoms with Crippen molar-refractivity contribution < 1.29 is 4.79 Å². The molecule has 2 rings (SSSR count). The summed E-state index contributed by atoms with van der Waals surface area (Å²) in [7, 11) is 2.14. The standard InChI is InChI=1S/C9H15NO/c1-10-3-2-7-4-8(10)6-9(11)5-7/h7-8H,2-6H2,1H3/t7-,8+/m1/s1. The summed E-state index contributed by atoms with van der Waals surface area (Å²) in [4.78, 5) is 13.5. The quantitative estimate of drug-likeness (QED) is 0.518. The van der Waals surface area contributed by atoms with Crippen LogP contribution in [0, 0.1) is 5.92 Å². The van der Waals surface area contributed by atoms with Crippen molar-refractivity contribution in [3.05, 3.63) is 0 Å². The van der Waals surface area contributed by atoms with Crippen LogP contribution in [0.1, 0.15) is 25.7 Å². The molecule has 2 heteroatoms. The molecule has 2 fully saturated rings. The lowest BCUT2D eigenvalue weighted by Gasteiger charge is -2.40. The lowest BCUT2D eigenvalue weighted by molar-refractivity contribution is -0.124. The molecule has 0 aromatic heterocycles. The van der Waals surface area contributed by atoms with Gasteiger partial charge >= 0.3 is 0 Å². The van der Waals surface area contributed by atoms with E-state index in [4.69, 9.17) is 0 Å². The Morgan fingerprint density at radius 1 is 1.45 bits per heavy atom. The van der Waals surface area contributed by atoms with Crippen molar-refractivity contribution in [2.75, 3.05) is 13.6 Å². The van der Waals surface area contributed by atoms with Crippen LogP contribution in [0.4, 0.5) is 0 Å². The molecule has 11 heavy (non-hydrogen) atoms. The average Bonchev–Trinajstić information content (AvgIpc) is 1.97. The molecular weight excluding hydrogens is 138 g/mol. The summed E-state index contributed by atoms with van der Waals surface area (Å²) in [5.41, 5.74) is 0. The number of rotatable bonds is 0. The van der Waals surface area contributed by atoms with E-state index in [1.165, 1.54) is 19.4 Å². The van der Waals surface area contributed by atoms with Crippen LogP contribution in [0.2, 0.25) is 0 Å². The number of carbonyl (C=O) groups is 1. The molecule has 0 amide bonds. The van der Waals surface area contributed by atoms with E-state index in [0.717, 1.165) is 18.8 Å². The largest absolute Gasteiger partial charge is 0.303 e. The molecule has 2 aliphatic rings. The summed E-state index contributed by atoms with van der Waals surface area (Å²) in [6.45, 7) is 1.20. The van der Waals surface area contributed by atoms with Gasteiger partial charge < -0.3 is 4.90 Å². The number of carbonyl (C=O) groups excluding carboxylic acids is 1. The lowest BCUT2D eigenvalue weighted by atomic mass is 9.79. The van der Waals surface area contributed by atoms with Crippen molar-refractivity contribution in [1.82, 2.24) is 4.90 Å². The maximum atomic E-state index is 11.2. The molecule has 62 valence electrons. The van der Waals surface area contributed by atoms with Gasteiger partial charge in [0.05, 0.1) is 0 Å². The Balaban J connectivity index is 2.08. The zero-order chi connectivity index (χ0) is 7.84. The minimum atomic E-state index is 0.484. The summed E-state index contributed by atoms with van der Waals surface area (Å²) < 4.78 is 0. The predicted molar refractivity (Wildman–Crippen MR) is 43.4 cm³/mol. The van der Waals surface area contributed by atoms with E-state index in [1.54, 1.807) is 0 Å². The van der Waals surface area contributed by atoms with E-state index in [2.05, 4.69) is 11.9 Å². The second-order valence-electron chi connectivity index (χ2n) is 3.97. The van der Waals surface area contributed by atoms with Gasteiger partial charge in [0, 0.05) is 18.9 Å². The monoisotopic (exact) mass is 153 g/mol. The molecule has 1 aliphatic heterocycles. The van der Waals surface area contributed by atoms with E-state index < -0.39 is 0 Å². The molecule has 1 saturated heterocycles. The van der Waals surface area contributed by atoms with Crippen molar-refractivity contribution in [3.8, 4) is 0 Å². The average molecular weight is 153 g/mol. The van der Waals surface area contributed by atoms with Gasteiger partial charge in [-0.05, 0) is 32.4 Å². The molecule has 2 atom stereocenters. The van der Waals surface area contributed by atoms with Crippen molar-refractivity contribution in [3.63, 3.8) is 0 Å². The van der Waals surface area contributed by atoms with E-state index in [9.17, 15) is 4.79 Å². The van der Waals surface area contributed by atoms with Crippen LogP contribution in [-0.4, -0.2) is 30.3 Å². The van der Waals surface area contributed by atoms with Crippen LogP contribution in [-0.2, 0) is 4.79 Å². The van der Waals surface area contributed by atoms with Gasteiger partial charge in [-0.1, -0.05) is 0 Å². The highest BCUT2D eigenvalue weighted by Gasteiger charge is 2.33. The number of fused-ring (bicyclic) bond motifs is 2. The summed E-state index contributed by atoms with van der Waals surface area (Å²) in [6, 6.07) is 0.579. The third-order valence-corrected chi connectivity index (χ3v) is 3.10. The molecular formula is C9H15NO. The molecule has 0 radical (unpaired) electrons. The third-order valence-electron chi connectivity index (χ3n) is 3.10. The Labute approximate surface area is 67.6 Å². The van der Waals surface area contributed by atoms with E-state index in [0.29, 0.717) is 11.8 Å². The molecule has 2 nitrogen and oxygen atoms in total. The fourth-order valence-electron chi connectivity index (χ4n) is 2.34. The van der Waals surface area contributed by atoms with Gasteiger partial charge in [0.1, 0.15) is 5.78 Å². The number of likely N-dealkylation sites (tertiary alicyclic amines) is 1. The Bertz CT molecular complexity index is 178. The van der Waals surface area contributed by atoms with E-state index in [1.807, 2.05) is 0 Å². The molecule has 1 aliphatic carbocycles. The Kier molecular flexibility index (Phi) is 1.72. The second-order valence-corrected chi connectivity index (χ2v) is 3.97. The molecule has 0 aromatic carbocycles. The Morgan fingerprint density at radius 3 is 3.09 bits per heavy atom. The Morgan fingerprint density at radius 2 is 2.27 bits per heavy atom. The first-order valence-electron chi connectivity index (χ1n) is 4.47. The zero-order valence-electron chi connectivity index (χ0n) is 7.05. The van der Waals surface area contributed by atoms with Crippen LogP contribution in [0.15, 0.2) is 0 Å². The highest BCUT2D eigenvalue weighted by molar-refractivity contribution is 5.80. The third kappa shape index (κ3) is 1.32. The number of nitrogens with zero attached hydrogens (tertiary/aromatic N) is 1. The van der Waals surface area contributed by atoms with Gasteiger partial charge in [-0.2, -0.15) is 0 Å². The summed E-state index contributed by atoms with van der Waals surface area (Å²) in [6.07, 6.45) is 4.18. The molecule has 1 saturated carbocycles.